The normalized spacial score (nSPS) is 9.67. The zero-order valence-corrected chi connectivity index (χ0v) is 8.36. The Bertz CT molecular complexity index is 120. The highest BCUT2D eigenvalue weighted by atomic mass is 32.2. The van der Waals surface area contributed by atoms with E-state index in [0.29, 0.717) is 13.2 Å². The first-order valence-electron chi connectivity index (χ1n) is 3.99. The number of terminal acetylenes is 1. The standard InChI is InChI=1S/C9H16O2S/c1-3-4-8-12-9-7-11-6-5-10-2/h1H,4-9H2,2H3. The predicted octanol–water partition coefficient (Wildman–Crippen LogP) is 1.41. The van der Waals surface area contributed by atoms with Gasteiger partial charge < -0.3 is 9.47 Å². The molecule has 0 saturated heterocycles. The maximum atomic E-state index is 5.26. The molecule has 0 spiro atoms. The largest absolute Gasteiger partial charge is 0.382 e. The van der Waals surface area contributed by atoms with Crippen molar-refractivity contribution in [3.8, 4) is 12.3 Å². The fourth-order valence-electron chi connectivity index (χ4n) is 0.595. The molecule has 0 radical (unpaired) electrons. The number of ether oxygens (including phenoxy) is 2. The highest BCUT2D eigenvalue weighted by molar-refractivity contribution is 7.99. The van der Waals surface area contributed by atoms with E-state index in [2.05, 4.69) is 5.92 Å². The summed E-state index contributed by atoms with van der Waals surface area (Å²) in [5, 5.41) is 0. The van der Waals surface area contributed by atoms with Crippen LogP contribution in [-0.4, -0.2) is 38.4 Å². The zero-order valence-electron chi connectivity index (χ0n) is 7.54. The molecule has 0 fully saturated rings. The molecular weight excluding hydrogens is 172 g/mol. The maximum Gasteiger partial charge on any atom is 0.0700 e. The summed E-state index contributed by atoms with van der Waals surface area (Å²) in [5.74, 6) is 4.65. The molecule has 70 valence electrons. The highest BCUT2D eigenvalue weighted by Crippen LogP contribution is 2.00. The third-order valence-electron chi connectivity index (χ3n) is 1.19. The van der Waals surface area contributed by atoms with Crippen molar-refractivity contribution in [1.29, 1.82) is 0 Å². The highest BCUT2D eigenvalue weighted by Gasteiger charge is 1.88. The molecule has 0 amide bonds. The third-order valence-corrected chi connectivity index (χ3v) is 2.14. The summed E-state index contributed by atoms with van der Waals surface area (Å²) >= 11 is 1.83. The molecule has 2 nitrogen and oxygen atoms in total. The minimum absolute atomic E-state index is 0.676. The number of methoxy groups -OCH3 is 1. The van der Waals surface area contributed by atoms with Gasteiger partial charge >= 0.3 is 0 Å². The molecule has 0 aliphatic rings. The number of rotatable bonds is 8. The quantitative estimate of drug-likeness (QED) is 0.424. The van der Waals surface area contributed by atoms with Crippen molar-refractivity contribution < 1.29 is 9.47 Å². The SMILES string of the molecule is C#CCCSCCOCCOC. The summed E-state index contributed by atoms with van der Waals surface area (Å²) in [6.07, 6.45) is 5.95. The fourth-order valence-corrected chi connectivity index (χ4v) is 1.30. The summed E-state index contributed by atoms with van der Waals surface area (Å²) in [7, 11) is 1.67. The molecule has 0 heterocycles. The Morgan fingerprint density at radius 3 is 2.75 bits per heavy atom. The van der Waals surface area contributed by atoms with E-state index in [1.807, 2.05) is 11.8 Å². The van der Waals surface area contributed by atoms with Crippen LogP contribution >= 0.6 is 11.8 Å². The second-order valence-corrected chi connectivity index (χ2v) is 3.40. The van der Waals surface area contributed by atoms with Gasteiger partial charge in [0.25, 0.3) is 0 Å². The number of hydrogen-bond acceptors (Lipinski definition) is 3. The lowest BCUT2D eigenvalue weighted by molar-refractivity contribution is 0.0790. The van der Waals surface area contributed by atoms with Crippen LogP contribution in [0, 0.1) is 12.3 Å². The minimum Gasteiger partial charge on any atom is -0.382 e. The molecule has 0 saturated carbocycles. The van der Waals surface area contributed by atoms with E-state index >= 15 is 0 Å². The van der Waals surface area contributed by atoms with Gasteiger partial charge in [-0.15, -0.1) is 12.3 Å². The van der Waals surface area contributed by atoms with Gasteiger partial charge in [0.2, 0.25) is 0 Å². The van der Waals surface area contributed by atoms with Gasteiger partial charge in [-0.05, 0) is 0 Å². The first-order chi connectivity index (χ1) is 5.91. The summed E-state index contributed by atoms with van der Waals surface area (Å²) in [6.45, 7) is 2.15. The Labute approximate surface area is 79.0 Å². The Hall–Kier alpha value is -0.170. The second-order valence-electron chi connectivity index (χ2n) is 2.17. The lowest BCUT2D eigenvalue weighted by Crippen LogP contribution is -2.04. The van der Waals surface area contributed by atoms with Crippen LogP contribution in [0.5, 0.6) is 0 Å². The van der Waals surface area contributed by atoms with Crippen LogP contribution in [0.3, 0.4) is 0 Å². The molecule has 0 rings (SSSR count). The summed E-state index contributed by atoms with van der Waals surface area (Å²) in [6, 6.07) is 0. The first kappa shape index (κ1) is 11.8. The van der Waals surface area contributed by atoms with Crippen LogP contribution < -0.4 is 0 Å². The minimum atomic E-state index is 0.676. The first-order valence-corrected chi connectivity index (χ1v) is 5.15. The maximum absolute atomic E-state index is 5.26. The summed E-state index contributed by atoms with van der Waals surface area (Å²) < 4.78 is 10.1. The van der Waals surface area contributed by atoms with Gasteiger partial charge in [-0.1, -0.05) is 0 Å². The van der Waals surface area contributed by atoms with Crippen LogP contribution in [0.25, 0.3) is 0 Å². The molecule has 0 N–H and O–H groups in total. The van der Waals surface area contributed by atoms with Crippen LogP contribution in [0.15, 0.2) is 0 Å². The van der Waals surface area contributed by atoms with Gasteiger partial charge in [0.15, 0.2) is 0 Å². The lowest BCUT2D eigenvalue weighted by atomic mass is 10.5. The molecule has 0 unspecified atom stereocenters. The van der Waals surface area contributed by atoms with Crippen molar-refractivity contribution in [2.24, 2.45) is 0 Å². The summed E-state index contributed by atoms with van der Waals surface area (Å²) in [5.41, 5.74) is 0. The average molecular weight is 188 g/mol. The van der Waals surface area contributed by atoms with E-state index < -0.39 is 0 Å². The van der Waals surface area contributed by atoms with Gasteiger partial charge in [-0.3, -0.25) is 0 Å². The van der Waals surface area contributed by atoms with Gasteiger partial charge in [0.05, 0.1) is 19.8 Å². The molecular formula is C9H16O2S. The van der Waals surface area contributed by atoms with Gasteiger partial charge in [-0.25, -0.2) is 0 Å². The van der Waals surface area contributed by atoms with Crippen LogP contribution in [0.4, 0.5) is 0 Å². The number of hydrogen-bond donors (Lipinski definition) is 0. The Balaban J connectivity index is 2.78. The van der Waals surface area contributed by atoms with Gasteiger partial charge in [-0.2, -0.15) is 11.8 Å². The van der Waals surface area contributed by atoms with E-state index in [9.17, 15) is 0 Å². The number of thioether (sulfide) groups is 1. The van der Waals surface area contributed by atoms with Crippen molar-refractivity contribution in [3.05, 3.63) is 0 Å². The van der Waals surface area contributed by atoms with Crippen molar-refractivity contribution in [2.75, 3.05) is 38.4 Å². The molecule has 0 aromatic rings. The third kappa shape index (κ3) is 9.83. The van der Waals surface area contributed by atoms with Crippen molar-refractivity contribution in [1.82, 2.24) is 0 Å². The molecule has 0 aliphatic heterocycles. The van der Waals surface area contributed by atoms with Crippen molar-refractivity contribution in [3.63, 3.8) is 0 Å². The van der Waals surface area contributed by atoms with Crippen molar-refractivity contribution in [2.45, 2.75) is 6.42 Å². The Kier molecular flexibility index (Phi) is 10.7. The van der Waals surface area contributed by atoms with Gasteiger partial charge in [0, 0.05) is 25.0 Å². The molecule has 0 aromatic carbocycles. The van der Waals surface area contributed by atoms with Crippen molar-refractivity contribution >= 4 is 11.8 Å². The van der Waals surface area contributed by atoms with E-state index in [1.165, 1.54) is 0 Å². The predicted molar refractivity (Wildman–Crippen MR) is 53.5 cm³/mol. The summed E-state index contributed by atoms with van der Waals surface area (Å²) in [4.78, 5) is 0. The molecule has 0 bridgehead atoms. The average Bonchev–Trinajstić information content (AvgIpc) is 2.10. The topological polar surface area (TPSA) is 18.5 Å². The van der Waals surface area contributed by atoms with Crippen LogP contribution in [0.2, 0.25) is 0 Å². The van der Waals surface area contributed by atoms with Crippen LogP contribution in [0.1, 0.15) is 6.42 Å². The zero-order chi connectivity index (χ0) is 9.07. The smallest absolute Gasteiger partial charge is 0.0700 e. The van der Waals surface area contributed by atoms with E-state index in [1.54, 1.807) is 7.11 Å². The van der Waals surface area contributed by atoms with E-state index in [0.717, 1.165) is 24.5 Å². The Morgan fingerprint density at radius 2 is 2.08 bits per heavy atom. The fraction of sp³-hybridized carbons (Fsp3) is 0.778. The Morgan fingerprint density at radius 1 is 1.25 bits per heavy atom. The van der Waals surface area contributed by atoms with E-state index in [4.69, 9.17) is 15.9 Å². The monoisotopic (exact) mass is 188 g/mol. The molecule has 0 aromatic heterocycles. The van der Waals surface area contributed by atoms with Crippen LogP contribution in [-0.2, 0) is 9.47 Å². The molecule has 3 heteroatoms. The van der Waals surface area contributed by atoms with Gasteiger partial charge in [0.1, 0.15) is 0 Å². The molecule has 0 atom stereocenters. The molecule has 0 aliphatic carbocycles. The molecule has 12 heavy (non-hydrogen) atoms. The van der Waals surface area contributed by atoms with E-state index in [-0.39, 0.29) is 0 Å². The second kappa shape index (κ2) is 10.8. The lowest BCUT2D eigenvalue weighted by Gasteiger charge is -2.01.